The van der Waals surface area contributed by atoms with Crippen molar-refractivity contribution in [1.29, 1.82) is 0 Å². The van der Waals surface area contributed by atoms with Gasteiger partial charge in [0.25, 0.3) is 10.1 Å². The number of carbonyl (C=O) groups excluding carboxylic acids is 2. The van der Waals surface area contributed by atoms with Crippen LogP contribution in [-0.2, 0) is 16.7 Å². The van der Waals surface area contributed by atoms with E-state index in [2.05, 4.69) is 0 Å². The maximum atomic E-state index is 13.7. The molecule has 0 aromatic heterocycles. The molecule has 0 fully saturated rings. The minimum Gasteiger partial charge on any atom is -0.488 e. The van der Waals surface area contributed by atoms with Gasteiger partial charge in [0.15, 0.2) is 12.9 Å². The van der Waals surface area contributed by atoms with Crippen molar-refractivity contribution in [3.63, 3.8) is 0 Å². The van der Waals surface area contributed by atoms with Crippen LogP contribution in [0.5, 0.6) is 17.2 Å². The van der Waals surface area contributed by atoms with Gasteiger partial charge in [-0.05, 0) is 104 Å². The van der Waals surface area contributed by atoms with Gasteiger partial charge in [-0.3, -0.25) is 14.1 Å². The predicted octanol–water partition coefficient (Wildman–Crippen LogP) is 7.36. The Morgan fingerprint density at radius 1 is 0.956 bits per heavy atom. The lowest BCUT2D eigenvalue weighted by atomic mass is 9.92. The third-order valence-electron chi connectivity index (χ3n) is 7.65. The van der Waals surface area contributed by atoms with E-state index >= 15 is 0 Å². The molecule has 8 nitrogen and oxygen atoms in total. The average Bonchev–Trinajstić information content (AvgIpc) is 2.97. The molecule has 0 saturated carbocycles. The van der Waals surface area contributed by atoms with Crippen molar-refractivity contribution in [2.45, 2.75) is 51.7 Å². The van der Waals surface area contributed by atoms with Crippen LogP contribution < -0.4 is 14.2 Å². The third-order valence-corrected chi connectivity index (χ3v) is 8.80. The summed E-state index contributed by atoms with van der Waals surface area (Å²) in [5.41, 5.74) is 4.28. The van der Waals surface area contributed by atoms with Crippen LogP contribution >= 0.6 is 0 Å². The number of hydrogen-bond acceptors (Lipinski definition) is 7. The summed E-state index contributed by atoms with van der Waals surface area (Å²) < 4.78 is 52.6. The Kier molecular flexibility index (Phi) is 8.69. The summed E-state index contributed by atoms with van der Waals surface area (Å²) in [5.74, 6) is 0.666. The van der Waals surface area contributed by atoms with Crippen LogP contribution in [0.4, 0.5) is 0 Å². The van der Waals surface area contributed by atoms with Crippen LogP contribution in [0.2, 0.25) is 0 Å². The number of Topliss-reactive ketones (excluding diaryl/α,β-unsaturated/α-hetero) is 1. The highest BCUT2D eigenvalue weighted by Crippen LogP contribution is 2.40. The Labute approximate surface area is 263 Å². The van der Waals surface area contributed by atoms with E-state index in [9.17, 15) is 22.6 Å². The lowest BCUT2D eigenvalue weighted by Crippen LogP contribution is -2.27. The van der Waals surface area contributed by atoms with Crippen molar-refractivity contribution >= 4 is 28.3 Å². The summed E-state index contributed by atoms with van der Waals surface area (Å²) in [6.45, 7) is 8.73. The minimum absolute atomic E-state index is 0.151. The summed E-state index contributed by atoms with van der Waals surface area (Å²) in [6.07, 6.45) is 4.35. The van der Waals surface area contributed by atoms with Gasteiger partial charge in [-0.15, -0.1) is 0 Å². The molecule has 1 N–H and O–H groups in total. The van der Waals surface area contributed by atoms with Gasteiger partial charge in [0, 0.05) is 0 Å². The molecular weight excluding hydrogens is 592 g/mol. The fourth-order valence-corrected chi connectivity index (χ4v) is 6.64. The summed E-state index contributed by atoms with van der Waals surface area (Å²) in [5, 5.41) is 0. The lowest BCUT2D eigenvalue weighted by molar-refractivity contribution is 0.0912. The zero-order chi connectivity index (χ0) is 32.5. The fraction of sp³-hybridized carbons (Fsp3) is 0.222. The van der Waals surface area contributed by atoms with Gasteiger partial charge < -0.3 is 14.2 Å². The van der Waals surface area contributed by atoms with Crippen LogP contribution in [0.25, 0.3) is 17.2 Å². The number of hydrogen-bond donors (Lipinski definition) is 1. The summed E-state index contributed by atoms with van der Waals surface area (Å²) in [4.78, 5) is 25.4. The highest BCUT2D eigenvalue weighted by molar-refractivity contribution is 7.86. The zero-order valence-corrected chi connectivity index (χ0v) is 26.5. The average molecular weight is 627 g/mol. The molecule has 1 aliphatic heterocycles. The van der Waals surface area contributed by atoms with Gasteiger partial charge in [-0.2, -0.15) is 8.42 Å². The number of aryl methyl sites for hydroxylation is 2. The van der Waals surface area contributed by atoms with Gasteiger partial charge in [0.05, 0.1) is 16.7 Å². The maximum absolute atomic E-state index is 13.7. The molecule has 0 amide bonds. The van der Waals surface area contributed by atoms with Crippen molar-refractivity contribution in [3.05, 3.63) is 112 Å². The van der Waals surface area contributed by atoms with Crippen molar-refractivity contribution in [2.75, 3.05) is 6.61 Å². The molecule has 0 aliphatic carbocycles. The molecule has 0 spiro atoms. The molecule has 45 heavy (non-hydrogen) atoms. The van der Waals surface area contributed by atoms with E-state index in [1.54, 1.807) is 50.2 Å². The second-order valence-electron chi connectivity index (χ2n) is 11.6. The molecule has 0 unspecified atom stereocenters. The van der Waals surface area contributed by atoms with E-state index in [-0.39, 0.29) is 40.7 Å². The summed E-state index contributed by atoms with van der Waals surface area (Å²) in [7, 11) is -4.48. The normalized spacial score (nSPS) is 13.5. The number of fused-ring (bicyclic) bond motifs is 1. The molecule has 0 bridgehead atoms. The highest BCUT2D eigenvalue weighted by Gasteiger charge is 2.27. The summed E-state index contributed by atoms with van der Waals surface area (Å²) in [6, 6.07) is 19.5. The summed E-state index contributed by atoms with van der Waals surface area (Å²) >= 11 is 0. The first-order chi connectivity index (χ1) is 21.3. The van der Waals surface area contributed by atoms with Crippen LogP contribution in [0.3, 0.4) is 0 Å². The maximum Gasteiger partial charge on any atom is 0.295 e. The third kappa shape index (κ3) is 6.69. The van der Waals surface area contributed by atoms with E-state index in [1.807, 2.05) is 63.3 Å². The molecule has 0 saturated heterocycles. The SMILES string of the molecule is Cc1cc(C)c(S(=O)(=O)O)c(C)c1-c1ccc(C(=O)COc2c(C=O)ccc3c2C=CC(C)(C)O3)c(OCc2ccccc2)c1. The first kappa shape index (κ1) is 31.7. The predicted molar refractivity (Wildman–Crippen MR) is 172 cm³/mol. The second-order valence-corrected chi connectivity index (χ2v) is 12.9. The molecule has 4 aromatic carbocycles. The molecule has 5 rings (SSSR count). The van der Waals surface area contributed by atoms with Crippen LogP contribution in [-0.4, -0.2) is 37.2 Å². The molecule has 0 radical (unpaired) electrons. The Hall–Kier alpha value is -4.73. The Balaban J connectivity index is 1.53. The second kappa shape index (κ2) is 12.3. The smallest absolute Gasteiger partial charge is 0.295 e. The molecular formula is C36H34O8S. The van der Waals surface area contributed by atoms with Crippen LogP contribution in [0.15, 0.2) is 77.7 Å². The van der Waals surface area contributed by atoms with Crippen LogP contribution in [0, 0.1) is 20.8 Å². The number of benzene rings is 4. The van der Waals surface area contributed by atoms with Gasteiger partial charge in [-0.1, -0.05) is 42.5 Å². The standard InChI is InChI=1S/C36H34O8S/c1-22-17-23(2)35(45(39,40)41)24(3)33(22)26-11-13-28(32(18-26)42-20-25-9-7-6-8-10-25)30(38)21-43-34-27(19-37)12-14-31-29(34)15-16-36(4,5)44-31/h6-19H,20-21H2,1-5H3,(H,39,40,41). The number of ketones is 1. The van der Waals surface area contributed by atoms with Crippen molar-refractivity contribution in [1.82, 2.24) is 0 Å². The number of ether oxygens (including phenoxy) is 3. The number of aldehydes is 1. The lowest BCUT2D eigenvalue weighted by Gasteiger charge is -2.29. The zero-order valence-electron chi connectivity index (χ0n) is 25.7. The van der Waals surface area contributed by atoms with E-state index in [0.29, 0.717) is 39.9 Å². The molecule has 4 aromatic rings. The highest BCUT2D eigenvalue weighted by atomic mass is 32.2. The number of carbonyl (C=O) groups is 2. The van der Waals surface area contributed by atoms with Crippen molar-refractivity contribution in [2.24, 2.45) is 0 Å². The monoisotopic (exact) mass is 626 g/mol. The largest absolute Gasteiger partial charge is 0.488 e. The van der Waals surface area contributed by atoms with Crippen molar-refractivity contribution in [3.8, 4) is 28.4 Å². The Bertz CT molecular complexity index is 1940. The van der Waals surface area contributed by atoms with Crippen LogP contribution in [0.1, 0.15) is 62.4 Å². The quantitative estimate of drug-likeness (QED) is 0.110. The topological polar surface area (TPSA) is 116 Å². The molecule has 9 heteroatoms. The first-order valence-electron chi connectivity index (χ1n) is 14.3. The molecule has 1 heterocycles. The minimum atomic E-state index is -4.48. The Morgan fingerprint density at radius 2 is 1.69 bits per heavy atom. The fourth-order valence-electron chi connectivity index (χ4n) is 5.69. The first-order valence-corrected chi connectivity index (χ1v) is 15.8. The van der Waals surface area contributed by atoms with E-state index in [4.69, 9.17) is 14.2 Å². The van der Waals surface area contributed by atoms with Gasteiger partial charge in [0.2, 0.25) is 5.78 Å². The van der Waals surface area contributed by atoms with E-state index < -0.39 is 21.5 Å². The molecule has 1 aliphatic rings. The van der Waals surface area contributed by atoms with Gasteiger partial charge >= 0.3 is 0 Å². The van der Waals surface area contributed by atoms with Gasteiger partial charge in [0.1, 0.15) is 34.4 Å². The van der Waals surface area contributed by atoms with E-state index in [1.165, 1.54) is 0 Å². The Morgan fingerprint density at radius 3 is 2.38 bits per heavy atom. The van der Waals surface area contributed by atoms with Crippen molar-refractivity contribution < 1.29 is 36.8 Å². The molecule has 232 valence electrons. The number of rotatable bonds is 10. The molecule has 0 atom stereocenters. The van der Waals surface area contributed by atoms with E-state index in [0.717, 1.165) is 11.1 Å². The van der Waals surface area contributed by atoms with Gasteiger partial charge in [-0.25, -0.2) is 0 Å².